The summed E-state index contributed by atoms with van der Waals surface area (Å²) < 4.78 is 0. The van der Waals surface area contributed by atoms with Crippen molar-refractivity contribution in [3.8, 4) is 0 Å². The van der Waals surface area contributed by atoms with E-state index in [-0.39, 0.29) is 11.9 Å². The Morgan fingerprint density at radius 3 is 2.79 bits per heavy atom. The molecular formula is C13H21N5O. The van der Waals surface area contributed by atoms with Crippen LogP contribution < -0.4 is 16.4 Å². The second-order valence-electron chi connectivity index (χ2n) is 4.97. The van der Waals surface area contributed by atoms with Gasteiger partial charge in [0.1, 0.15) is 5.82 Å². The van der Waals surface area contributed by atoms with Crippen LogP contribution in [-0.4, -0.2) is 35.7 Å². The molecule has 1 fully saturated rings. The van der Waals surface area contributed by atoms with Crippen LogP contribution in [0.2, 0.25) is 0 Å². The number of carbonyl (C=O) groups excluding carboxylic acids is 1. The molecule has 104 valence electrons. The van der Waals surface area contributed by atoms with Gasteiger partial charge >= 0.3 is 0 Å². The van der Waals surface area contributed by atoms with Crippen LogP contribution in [0.15, 0.2) is 12.1 Å². The van der Waals surface area contributed by atoms with Crippen molar-refractivity contribution in [1.29, 1.82) is 0 Å². The minimum atomic E-state index is -0.228. The number of anilines is 1. The van der Waals surface area contributed by atoms with Crippen molar-refractivity contribution < 1.29 is 4.79 Å². The summed E-state index contributed by atoms with van der Waals surface area (Å²) in [6.07, 6.45) is 4.76. The molecule has 1 saturated carbocycles. The second-order valence-corrected chi connectivity index (χ2v) is 4.97. The van der Waals surface area contributed by atoms with Gasteiger partial charge in [-0.2, -0.15) is 0 Å². The van der Waals surface area contributed by atoms with Crippen LogP contribution in [-0.2, 0) is 0 Å². The van der Waals surface area contributed by atoms with Gasteiger partial charge < -0.3 is 16.4 Å². The van der Waals surface area contributed by atoms with E-state index in [1.807, 2.05) is 0 Å². The van der Waals surface area contributed by atoms with Gasteiger partial charge in [0.25, 0.3) is 5.91 Å². The average molecular weight is 263 g/mol. The van der Waals surface area contributed by atoms with Gasteiger partial charge in [0.05, 0.1) is 0 Å². The van der Waals surface area contributed by atoms with Crippen LogP contribution >= 0.6 is 0 Å². The maximum atomic E-state index is 11.3. The fraction of sp³-hybridized carbons (Fsp3) is 0.615. The van der Waals surface area contributed by atoms with Gasteiger partial charge in [-0.05, 0) is 30.9 Å². The molecule has 0 aliphatic heterocycles. The molecule has 1 aliphatic carbocycles. The highest BCUT2D eigenvalue weighted by Gasteiger charge is 2.21. The van der Waals surface area contributed by atoms with Gasteiger partial charge in [-0.15, -0.1) is 10.2 Å². The van der Waals surface area contributed by atoms with Crippen LogP contribution in [0.4, 0.5) is 5.82 Å². The zero-order valence-electron chi connectivity index (χ0n) is 11.2. The van der Waals surface area contributed by atoms with Gasteiger partial charge in [-0.3, -0.25) is 4.79 Å². The molecule has 2 atom stereocenters. The minimum Gasteiger partial charge on any atom is -0.368 e. The van der Waals surface area contributed by atoms with Gasteiger partial charge in [0.15, 0.2) is 5.69 Å². The fourth-order valence-corrected chi connectivity index (χ4v) is 2.40. The van der Waals surface area contributed by atoms with E-state index in [0.717, 1.165) is 19.4 Å². The molecule has 6 nitrogen and oxygen atoms in total. The monoisotopic (exact) mass is 263 g/mol. The molecular weight excluding hydrogens is 242 g/mol. The lowest BCUT2D eigenvalue weighted by atomic mass is 9.85. The molecule has 0 radical (unpaired) electrons. The number of carbonyl (C=O) groups is 1. The summed E-state index contributed by atoms with van der Waals surface area (Å²) in [5.74, 6) is 0.952. The van der Waals surface area contributed by atoms with Crippen molar-refractivity contribution in [2.24, 2.45) is 11.7 Å². The molecule has 0 spiro atoms. The average Bonchev–Trinajstić information content (AvgIpc) is 2.46. The SMILES string of the molecule is CNC(=O)c1ccc(NCC2CCCCC2N)nn1. The Hall–Kier alpha value is -1.69. The highest BCUT2D eigenvalue weighted by molar-refractivity contribution is 5.91. The van der Waals surface area contributed by atoms with Crippen molar-refractivity contribution in [3.63, 3.8) is 0 Å². The molecule has 0 aromatic carbocycles. The van der Waals surface area contributed by atoms with E-state index in [1.165, 1.54) is 12.8 Å². The summed E-state index contributed by atoms with van der Waals surface area (Å²) in [6, 6.07) is 3.71. The first kappa shape index (κ1) is 13.7. The number of nitrogens with two attached hydrogens (primary N) is 1. The zero-order chi connectivity index (χ0) is 13.7. The Morgan fingerprint density at radius 2 is 2.16 bits per heavy atom. The Kier molecular flexibility index (Phi) is 4.68. The fourth-order valence-electron chi connectivity index (χ4n) is 2.40. The third-order valence-corrected chi connectivity index (χ3v) is 3.64. The predicted molar refractivity (Wildman–Crippen MR) is 73.8 cm³/mol. The Morgan fingerprint density at radius 1 is 1.37 bits per heavy atom. The van der Waals surface area contributed by atoms with E-state index >= 15 is 0 Å². The van der Waals surface area contributed by atoms with E-state index in [0.29, 0.717) is 17.4 Å². The van der Waals surface area contributed by atoms with Crippen molar-refractivity contribution >= 4 is 11.7 Å². The highest BCUT2D eigenvalue weighted by atomic mass is 16.1. The van der Waals surface area contributed by atoms with Crippen LogP contribution in [0.3, 0.4) is 0 Å². The summed E-state index contributed by atoms with van der Waals surface area (Å²) >= 11 is 0. The van der Waals surface area contributed by atoms with Gasteiger partial charge in [0, 0.05) is 19.6 Å². The minimum absolute atomic E-state index is 0.228. The number of hydrogen-bond acceptors (Lipinski definition) is 5. The van der Waals surface area contributed by atoms with Crippen LogP contribution in [0, 0.1) is 5.92 Å². The van der Waals surface area contributed by atoms with E-state index in [4.69, 9.17) is 5.73 Å². The lowest BCUT2D eigenvalue weighted by molar-refractivity contribution is 0.0957. The van der Waals surface area contributed by atoms with E-state index < -0.39 is 0 Å². The van der Waals surface area contributed by atoms with Gasteiger partial charge in [0.2, 0.25) is 0 Å². The smallest absolute Gasteiger partial charge is 0.271 e. The summed E-state index contributed by atoms with van der Waals surface area (Å²) in [7, 11) is 1.57. The summed E-state index contributed by atoms with van der Waals surface area (Å²) in [5.41, 5.74) is 6.42. The summed E-state index contributed by atoms with van der Waals surface area (Å²) in [4.78, 5) is 11.3. The summed E-state index contributed by atoms with van der Waals surface area (Å²) in [6.45, 7) is 0.815. The first-order valence-electron chi connectivity index (χ1n) is 6.76. The molecule has 1 heterocycles. The molecule has 1 aliphatic rings. The van der Waals surface area contributed by atoms with Crippen LogP contribution in [0.25, 0.3) is 0 Å². The third kappa shape index (κ3) is 3.64. The Bertz CT molecular complexity index is 420. The standard InChI is InChI=1S/C13H21N5O/c1-15-13(19)11-6-7-12(18-17-11)16-8-9-4-2-3-5-10(9)14/h6-7,9-10H,2-5,8,14H2,1H3,(H,15,19)(H,16,18). The number of amides is 1. The molecule has 2 unspecified atom stereocenters. The highest BCUT2D eigenvalue weighted by Crippen LogP contribution is 2.23. The Balaban J connectivity index is 1.87. The normalized spacial score (nSPS) is 22.8. The number of rotatable bonds is 4. The molecule has 1 aromatic heterocycles. The molecule has 1 amide bonds. The lowest BCUT2D eigenvalue weighted by Crippen LogP contribution is -2.37. The topological polar surface area (TPSA) is 92.9 Å². The first-order chi connectivity index (χ1) is 9.20. The molecule has 1 aromatic rings. The molecule has 2 rings (SSSR count). The quantitative estimate of drug-likeness (QED) is 0.746. The summed E-state index contributed by atoms with van der Waals surface area (Å²) in [5, 5.41) is 13.6. The van der Waals surface area contributed by atoms with Crippen LogP contribution in [0.5, 0.6) is 0 Å². The Labute approximate surface area is 113 Å². The van der Waals surface area contributed by atoms with E-state index in [1.54, 1.807) is 19.2 Å². The molecule has 6 heteroatoms. The number of nitrogens with one attached hydrogen (secondary N) is 2. The zero-order valence-corrected chi connectivity index (χ0v) is 11.2. The van der Waals surface area contributed by atoms with Crippen molar-refractivity contribution in [3.05, 3.63) is 17.8 Å². The van der Waals surface area contributed by atoms with Crippen molar-refractivity contribution in [1.82, 2.24) is 15.5 Å². The van der Waals surface area contributed by atoms with Crippen molar-refractivity contribution in [2.45, 2.75) is 31.7 Å². The first-order valence-corrected chi connectivity index (χ1v) is 6.76. The predicted octanol–water partition coefficient (Wildman–Crippen LogP) is 0.766. The molecule has 19 heavy (non-hydrogen) atoms. The van der Waals surface area contributed by atoms with Crippen molar-refractivity contribution in [2.75, 3.05) is 18.9 Å². The lowest BCUT2D eigenvalue weighted by Gasteiger charge is -2.28. The third-order valence-electron chi connectivity index (χ3n) is 3.64. The van der Waals surface area contributed by atoms with Crippen LogP contribution in [0.1, 0.15) is 36.2 Å². The largest absolute Gasteiger partial charge is 0.368 e. The van der Waals surface area contributed by atoms with Gasteiger partial charge in [-0.25, -0.2) is 0 Å². The number of hydrogen-bond donors (Lipinski definition) is 3. The van der Waals surface area contributed by atoms with E-state index in [9.17, 15) is 4.79 Å². The van der Waals surface area contributed by atoms with Gasteiger partial charge in [-0.1, -0.05) is 12.8 Å². The number of nitrogens with zero attached hydrogens (tertiary/aromatic N) is 2. The van der Waals surface area contributed by atoms with E-state index in [2.05, 4.69) is 20.8 Å². The maximum Gasteiger partial charge on any atom is 0.271 e. The second kappa shape index (κ2) is 6.47. The maximum absolute atomic E-state index is 11.3. The molecule has 4 N–H and O–H groups in total. The molecule has 0 saturated heterocycles. The molecule has 0 bridgehead atoms. The number of aromatic nitrogens is 2.